The highest BCUT2D eigenvalue weighted by atomic mass is 19.1. The predicted octanol–water partition coefficient (Wildman–Crippen LogP) is 4.85. The van der Waals surface area contributed by atoms with Crippen molar-refractivity contribution in [1.29, 1.82) is 0 Å². The summed E-state index contributed by atoms with van der Waals surface area (Å²) >= 11 is 0. The number of carboxylic acids is 1. The van der Waals surface area contributed by atoms with Gasteiger partial charge in [0.05, 0.1) is 37.6 Å². The second-order valence-corrected chi connectivity index (χ2v) is 8.92. The molecule has 2 N–H and O–H groups in total. The van der Waals surface area contributed by atoms with E-state index in [1.54, 1.807) is 36.4 Å². The molecule has 1 aromatic heterocycles. The van der Waals surface area contributed by atoms with Crippen molar-refractivity contribution in [2.75, 3.05) is 14.2 Å². The van der Waals surface area contributed by atoms with Crippen LogP contribution >= 0.6 is 0 Å². The van der Waals surface area contributed by atoms with E-state index in [1.807, 2.05) is 0 Å². The molecule has 0 saturated heterocycles. The first kappa shape index (κ1) is 25.2. The van der Waals surface area contributed by atoms with E-state index in [0.29, 0.717) is 28.4 Å². The first-order chi connectivity index (χ1) is 17.4. The SMILES string of the molecule is COc1cccc(OC)c1-c1cc(C(=O)N[C@H](CC(=O)O)C2CCCCC2)nn1-c1ccc(F)cc1. The zero-order chi connectivity index (χ0) is 25.7. The number of benzene rings is 2. The molecule has 190 valence electrons. The Bertz CT molecular complexity index is 1200. The molecular formula is C27H30FN3O5. The zero-order valence-corrected chi connectivity index (χ0v) is 20.4. The van der Waals surface area contributed by atoms with Crippen molar-refractivity contribution in [3.05, 3.63) is 60.0 Å². The van der Waals surface area contributed by atoms with Crippen molar-refractivity contribution in [3.8, 4) is 28.4 Å². The Morgan fingerprint density at radius 3 is 2.31 bits per heavy atom. The molecule has 2 aromatic carbocycles. The van der Waals surface area contributed by atoms with Crippen LogP contribution < -0.4 is 14.8 Å². The quantitative estimate of drug-likeness (QED) is 0.440. The number of ether oxygens (including phenoxy) is 2. The maximum Gasteiger partial charge on any atom is 0.305 e. The topological polar surface area (TPSA) is 103 Å². The number of rotatable bonds is 9. The molecule has 1 aliphatic rings. The number of hydrogen-bond acceptors (Lipinski definition) is 5. The Hall–Kier alpha value is -3.88. The third kappa shape index (κ3) is 5.50. The summed E-state index contributed by atoms with van der Waals surface area (Å²) in [5.74, 6) is -0.702. The average molecular weight is 496 g/mol. The highest BCUT2D eigenvalue weighted by molar-refractivity contribution is 5.94. The van der Waals surface area contributed by atoms with E-state index in [9.17, 15) is 19.1 Å². The van der Waals surface area contributed by atoms with Crippen LogP contribution in [-0.4, -0.2) is 47.0 Å². The highest BCUT2D eigenvalue weighted by Gasteiger charge is 2.29. The lowest BCUT2D eigenvalue weighted by atomic mass is 9.82. The van der Waals surface area contributed by atoms with Crippen LogP contribution in [0.2, 0.25) is 0 Å². The summed E-state index contributed by atoms with van der Waals surface area (Å²) in [4.78, 5) is 24.9. The van der Waals surface area contributed by atoms with Crippen molar-refractivity contribution in [3.63, 3.8) is 0 Å². The van der Waals surface area contributed by atoms with E-state index in [4.69, 9.17) is 9.47 Å². The number of carbonyl (C=O) groups excluding carboxylic acids is 1. The molecule has 4 rings (SSSR count). The maximum atomic E-state index is 13.6. The molecule has 3 aromatic rings. The number of aliphatic carboxylic acids is 1. The van der Waals surface area contributed by atoms with Crippen LogP contribution in [0.3, 0.4) is 0 Å². The highest BCUT2D eigenvalue weighted by Crippen LogP contribution is 2.39. The molecule has 0 bridgehead atoms. The van der Waals surface area contributed by atoms with Crippen LogP contribution in [-0.2, 0) is 4.79 Å². The number of amides is 1. The lowest BCUT2D eigenvalue weighted by Crippen LogP contribution is -2.42. The van der Waals surface area contributed by atoms with Crippen LogP contribution in [0.1, 0.15) is 49.0 Å². The van der Waals surface area contributed by atoms with Gasteiger partial charge in [0.2, 0.25) is 0 Å². The van der Waals surface area contributed by atoms with Gasteiger partial charge in [-0.2, -0.15) is 5.10 Å². The van der Waals surface area contributed by atoms with Gasteiger partial charge in [0, 0.05) is 6.04 Å². The van der Waals surface area contributed by atoms with Crippen LogP contribution in [0.4, 0.5) is 4.39 Å². The van der Waals surface area contributed by atoms with Crippen molar-refractivity contribution in [1.82, 2.24) is 15.1 Å². The van der Waals surface area contributed by atoms with Gasteiger partial charge in [-0.3, -0.25) is 9.59 Å². The zero-order valence-electron chi connectivity index (χ0n) is 20.4. The van der Waals surface area contributed by atoms with Crippen molar-refractivity contribution in [2.45, 2.75) is 44.6 Å². The summed E-state index contributed by atoms with van der Waals surface area (Å²) in [5, 5.41) is 16.9. The van der Waals surface area contributed by atoms with Gasteiger partial charge >= 0.3 is 5.97 Å². The number of hydrogen-bond donors (Lipinski definition) is 2. The summed E-state index contributed by atoms with van der Waals surface area (Å²) in [6.07, 6.45) is 4.78. The fourth-order valence-electron chi connectivity index (χ4n) is 4.86. The minimum atomic E-state index is -0.956. The van der Waals surface area contributed by atoms with Gasteiger partial charge in [0.1, 0.15) is 17.3 Å². The Kier molecular flexibility index (Phi) is 7.87. The van der Waals surface area contributed by atoms with Crippen molar-refractivity contribution < 1.29 is 28.6 Å². The largest absolute Gasteiger partial charge is 0.496 e. The standard InChI is InChI=1S/C27H30FN3O5/c1-35-23-9-6-10-24(36-2)26(23)22-15-21(30-31(22)19-13-11-18(28)12-14-19)27(34)29-20(16-25(32)33)17-7-4-3-5-8-17/h6,9-15,17,20H,3-5,7-8,16H2,1-2H3,(H,29,34)(H,32,33)/t20-/m1/s1. The molecular weight excluding hydrogens is 465 g/mol. The summed E-state index contributed by atoms with van der Waals surface area (Å²) < 4.78 is 26.3. The molecule has 0 radical (unpaired) electrons. The molecule has 1 saturated carbocycles. The average Bonchev–Trinajstić information content (AvgIpc) is 3.33. The van der Waals surface area contributed by atoms with Gasteiger partial charge in [0.25, 0.3) is 5.91 Å². The Labute approximate surface area is 209 Å². The number of methoxy groups -OCH3 is 2. The van der Waals surface area contributed by atoms with Crippen LogP contribution in [0, 0.1) is 11.7 Å². The number of aromatic nitrogens is 2. The second-order valence-electron chi connectivity index (χ2n) is 8.92. The van der Waals surface area contributed by atoms with Crippen molar-refractivity contribution >= 4 is 11.9 Å². The molecule has 1 atom stereocenters. The molecule has 1 fully saturated rings. The van der Waals surface area contributed by atoms with E-state index in [1.165, 1.54) is 31.0 Å². The smallest absolute Gasteiger partial charge is 0.305 e. The molecule has 9 heteroatoms. The molecule has 8 nitrogen and oxygen atoms in total. The first-order valence-electron chi connectivity index (χ1n) is 12.0. The second kappa shape index (κ2) is 11.2. The summed E-state index contributed by atoms with van der Waals surface area (Å²) in [5.41, 5.74) is 1.72. The van der Waals surface area contributed by atoms with E-state index in [0.717, 1.165) is 32.1 Å². The van der Waals surface area contributed by atoms with Crippen LogP contribution in [0.15, 0.2) is 48.5 Å². The predicted molar refractivity (Wildman–Crippen MR) is 132 cm³/mol. The normalized spacial score (nSPS) is 14.8. The third-order valence-electron chi connectivity index (χ3n) is 6.63. The lowest BCUT2D eigenvalue weighted by molar-refractivity contribution is -0.137. The fourth-order valence-corrected chi connectivity index (χ4v) is 4.86. The summed E-state index contributed by atoms with van der Waals surface area (Å²) in [6.45, 7) is 0. The lowest BCUT2D eigenvalue weighted by Gasteiger charge is -2.29. The fraction of sp³-hybridized carbons (Fsp3) is 0.370. The molecule has 0 unspecified atom stereocenters. The van der Waals surface area contributed by atoms with Gasteiger partial charge in [0.15, 0.2) is 5.69 Å². The molecule has 36 heavy (non-hydrogen) atoms. The molecule has 1 heterocycles. The van der Waals surface area contributed by atoms with Gasteiger partial charge in [-0.25, -0.2) is 9.07 Å². The van der Waals surface area contributed by atoms with Crippen molar-refractivity contribution in [2.24, 2.45) is 5.92 Å². The minimum absolute atomic E-state index is 0.103. The third-order valence-corrected chi connectivity index (χ3v) is 6.63. The summed E-state index contributed by atoms with van der Waals surface area (Å²) in [6, 6.07) is 12.2. The number of carboxylic acid groups (broad SMARTS) is 1. The molecule has 0 spiro atoms. The van der Waals surface area contributed by atoms with Crippen LogP contribution in [0.25, 0.3) is 16.9 Å². The monoisotopic (exact) mass is 495 g/mol. The Balaban J connectivity index is 1.76. The maximum absolute atomic E-state index is 13.6. The van der Waals surface area contributed by atoms with E-state index in [-0.39, 0.29) is 18.0 Å². The molecule has 1 aliphatic carbocycles. The number of halogens is 1. The Morgan fingerprint density at radius 2 is 1.72 bits per heavy atom. The van der Waals surface area contributed by atoms with Gasteiger partial charge < -0.3 is 19.9 Å². The Morgan fingerprint density at radius 1 is 1.08 bits per heavy atom. The van der Waals surface area contributed by atoms with E-state index < -0.39 is 23.7 Å². The van der Waals surface area contributed by atoms with E-state index in [2.05, 4.69) is 10.4 Å². The molecule has 1 amide bonds. The number of nitrogens with zero attached hydrogens (tertiary/aromatic N) is 2. The minimum Gasteiger partial charge on any atom is -0.496 e. The van der Waals surface area contributed by atoms with Crippen LogP contribution in [0.5, 0.6) is 11.5 Å². The number of carbonyl (C=O) groups is 2. The van der Waals surface area contributed by atoms with Gasteiger partial charge in [-0.1, -0.05) is 25.3 Å². The number of nitrogens with one attached hydrogen (secondary N) is 1. The van der Waals surface area contributed by atoms with Gasteiger partial charge in [-0.15, -0.1) is 0 Å². The van der Waals surface area contributed by atoms with Gasteiger partial charge in [-0.05, 0) is 61.2 Å². The summed E-state index contributed by atoms with van der Waals surface area (Å²) in [7, 11) is 3.07. The van der Waals surface area contributed by atoms with E-state index >= 15 is 0 Å². The molecule has 0 aliphatic heterocycles. The first-order valence-corrected chi connectivity index (χ1v) is 12.0.